The van der Waals surface area contributed by atoms with Crippen molar-refractivity contribution in [2.75, 3.05) is 13.1 Å². The molecular weight excluding hydrogens is 236 g/mol. The van der Waals surface area contributed by atoms with E-state index in [0.717, 1.165) is 32.1 Å². The first kappa shape index (κ1) is 14.9. The summed E-state index contributed by atoms with van der Waals surface area (Å²) in [6.07, 6.45) is 6.31. The summed E-state index contributed by atoms with van der Waals surface area (Å²) >= 11 is 0. The fourth-order valence-corrected chi connectivity index (χ4v) is 3.96. The first-order valence-corrected chi connectivity index (χ1v) is 8.21. The number of sulfonamides is 1. The number of rotatable bonds is 6. The highest BCUT2D eigenvalue weighted by atomic mass is 32.2. The minimum atomic E-state index is -3.13. The van der Waals surface area contributed by atoms with Gasteiger partial charge in [-0.1, -0.05) is 19.3 Å². The quantitative estimate of drug-likeness (QED) is 0.792. The zero-order valence-corrected chi connectivity index (χ0v) is 11.9. The third-order valence-corrected chi connectivity index (χ3v) is 5.81. The van der Waals surface area contributed by atoms with Crippen molar-refractivity contribution in [3.8, 4) is 0 Å². The Kier molecular flexibility index (Phi) is 5.89. The summed E-state index contributed by atoms with van der Waals surface area (Å²) in [5.74, 6) is 0. The largest absolute Gasteiger partial charge is 0.330 e. The van der Waals surface area contributed by atoms with E-state index in [1.54, 1.807) is 18.2 Å². The molecule has 0 aromatic carbocycles. The monoisotopic (exact) mass is 262 g/mol. The molecule has 0 unspecified atom stereocenters. The van der Waals surface area contributed by atoms with Gasteiger partial charge >= 0.3 is 0 Å². The van der Waals surface area contributed by atoms with Gasteiger partial charge in [0.25, 0.3) is 0 Å². The fraction of sp³-hybridized carbons (Fsp3) is 1.00. The van der Waals surface area contributed by atoms with Crippen molar-refractivity contribution in [1.82, 2.24) is 4.31 Å². The average Bonchev–Trinajstić information content (AvgIpc) is 2.30. The molecule has 4 nitrogen and oxygen atoms in total. The van der Waals surface area contributed by atoms with Gasteiger partial charge in [-0.15, -0.1) is 0 Å². The van der Waals surface area contributed by atoms with E-state index in [-0.39, 0.29) is 11.3 Å². The molecule has 0 bridgehead atoms. The van der Waals surface area contributed by atoms with Gasteiger partial charge in [0, 0.05) is 12.6 Å². The van der Waals surface area contributed by atoms with Crippen LogP contribution in [0.3, 0.4) is 0 Å². The van der Waals surface area contributed by atoms with Crippen molar-refractivity contribution in [2.24, 2.45) is 5.73 Å². The molecular formula is C12H26N2O2S. The van der Waals surface area contributed by atoms with Crippen LogP contribution >= 0.6 is 0 Å². The van der Waals surface area contributed by atoms with E-state index >= 15 is 0 Å². The Morgan fingerprint density at radius 1 is 1.24 bits per heavy atom. The summed E-state index contributed by atoms with van der Waals surface area (Å²) < 4.78 is 26.4. The van der Waals surface area contributed by atoms with Crippen molar-refractivity contribution in [1.29, 1.82) is 0 Å². The number of hydrogen-bond acceptors (Lipinski definition) is 3. The Morgan fingerprint density at radius 3 is 2.29 bits per heavy atom. The Balaban J connectivity index is 2.78. The molecule has 102 valence electrons. The van der Waals surface area contributed by atoms with E-state index in [4.69, 9.17) is 5.73 Å². The summed E-state index contributed by atoms with van der Waals surface area (Å²) in [6.45, 7) is 4.65. The molecule has 5 heteroatoms. The average molecular weight is 262 g/mol. The standard InChI is InChI=1S/C12H26N2O2S/c1-11(2)17(15,16)14(10-6-9-13)12-7-4-3-5-8-12/h11-12H,3-10,13H2,1-2H3. The first-order chi connectivity index (χ1) is 8.00. The Labute approximate surface area is 106 Å². The number of hydrogen-bond donors (Lipinski definition) is 1. The van der Waals surface area contributed by atoms with E-state index in [1.807, 2.05) is 0 Å². The molecule has 0 atom stereocenters. The van der Waals surface area contributed by atoms with E-state index in [1.165, 1.54) is 6.42 Å². The van der Waals surface area contributed by atoms with Gasteiger partial charge in [0.05, 0.1) is 5.25 Å². The SMILES string of the molecule is CC(C)S(=O)(=O)N(CCCN)C1CCCCC1. The molecule has 0 amide bonds. The molecule has 1 aliphatic rings. The van der Waals surface area contributed by atoms with Crippen molar-refractivity contribution in [3.05, 3.63) is 0 Å². The molecule has 1 saturated carbocycles. The van der Waals surface area contributed by atoms with E-state index < -0.39 is 10.0 Å². The predicted octanol–water partition coefficient (Wildman–Crippen LogP) is 1.71. The van der Waals surface area contributed by atoms with E-state index in [9.17, 15) is 8.42 Å². The van der Waals surface area contributed by atoms with Crippen LogP contribution in [-0.2, 0) is 10.0 Å². The molecule has 1 rings (SSSR count). The van der Waals surface area contributed by atoms with Crippen LogP contribution in [0.15, 0.2) is 0 Å². The zero-order valence-electron chi connectivity index (χ0n) is 11.1. The third-order valence-electron chi connectivity index (χ3n) is 3.49. The summed E-state index contributed by atoms with van der Waals surface area (Å²) in [4.78, 5) is 0. The van der Waals surface area contributed by atoms with Crippen molar-refractivity contribution < 1.29 is 8.42 Å². The summed E-state index contributed by atoms with van der Waals surface area (Å²) in [6, 6.07) is 0.211. The van der Waals surface area contributed by atoms with Crippen LogP contribution in [0.5, 0.6) is 0 Å². The molecule has 0 aromatic rings. The molecule has 0 spiro atoms. The van der Waals surface area contributed by atoms with Crippen LogP contribution in [0.4, 0.5) is 0 Å². The summed E-state index contributed by atoms with van der Waals surface area (Å²) in [7, 11) is -3.13. The van der Waals surface area contributed by atoms with Gasteiger partial charge < -0.3 is 5.73 Å². The Hall–Kier alpha value is -0.130. The lowest BCUT2D eigenvalue weighted by Crippen LogP contribution is -2.45. The molecule has 0 heterocycles. The maximum atomic E-state index is 12.3. The molecule has 2 N–H and O–H groups in total. The second-order valence-corrected chi connectivity index (χ2v) is 7.58. The van der Waals surface area contributed by atoms with Crippen LogP contribution in [-0.4, -0.2) is 37.1 Å². The molecule has 1 aliphatic carbocycles. The van der Waals surface area contributed by atoms with Crippen LogP contribution in [0.1, 0.15) is 52.4 Å². The van der Waals surface area contributed by atoms with E-state index in [0.29, 0.717) is 13.1 Å². The molecule has 1 fully saturated rings. The third kappa shape index (κ3) is 3.93. The Bertz CT molecular complexity index is 308. The zero-order chi connectivity index (χ0) is 12.9. The van der Waals surface area contributed by atoms with Crippen LogP contribution in [0.2, 0.25) is 0 Å². The van der Waals surface area contributed by atoms with E-state index in [2.05, 4.69) is 0 Å². The van der Waals surface area contributed by atoms with Gasteiger partial charge in [-0.05, 0) is 39.7 Å². The minimum absolute atomic E-state index is 0.211. The van der Waals surface area contributed by atoms with Crippen LogP contribution in [0, 0.1) is 0 Å². The lowest BCUT2D eigenvalue weighted by Gasteiger charge is -2.34. The highest BCUT2D eigenvalue weighted by molar-refractivity contribution is 7.89. The normalized spacial score (nSPS) is 19.1. The highest BCUT2D eigenvalue weighted by Crippen LogP contribution is 2.26. The minimum Gasteiger partial charge on any atom is -0.330 e. The van der Waals surface area contributed by atoms with Gasteiger partial charge in [-0.2, -0.15) is 4.31 Å². The Morgan fingerprint density at radius 2 is 1.82 bits per heavy atom. The molecule has 0 saturated heterocycles. The summed E-state index contributed by atoms with van der Waals surface area (Å²) in [5, 5.41) is -0.331. The maximum Gasteiger partial charge on any atom is 0.216 e. The van der Waals surface area contributed by atoms with Gasteiger partial charge in [0.2, 0.25) is 10.0 Å². The van der Waals surface area contributed by atoms with Gasteiger partial charge in [0.15, 0.2) is 0 Å². The predicted molar refractivity (Wildman–Crippen MR) is 71.3 cm³/mol. The van der Waals surface area contributed by atoms with Gasteiger partial charge in [-0.25, -0.2) is 8.42 Å². The highest BCUT2D eigenvalue weighted by Gasteiger charge is 2.32. The van der Waals surface area contributed by atoms with Crippen LogP contribution in [0.25, 0.3) is 0 Å². The molecule has 17 heavy (non-hydrogen) atoms. The van der Waals surface area contributed by atoms with Gasteiger partial charge in [0.1, 0.15) is 0 Å². The smallest absolute Gasteiger partial charge is 0.216 e. The van der Waals surface area contributed by atoms with Crippen molar-refractivity contribution in [2.45, 2.75) is 63.7 Å². The fourth-order valence-electron chi connectivity index (χ4n) is 2.40. The lowest BCUT2D eigenvalue weighted by molar-refractivity contribution is 0.250. The molecule has 0 aliphatic heterocycles. The first-order valence-electron chi connectivity index (χ1n) is 6.71. The second-order valence-electron chi connectivity index (χ2n) is 5.14. The molecule has 0 radical (unpaired) electrons. The number of nitrogens with two attached hydrogens (primary N) is 1. The number of nitrogens with zero attached hydrogens (tertiary/aromatic N) is 1. The van der Waals surface area contributed by atoms with Crippen molar-refractivity contribution >= 4 is 10.0 Å². The molecule has 0 aromatic heterocycles. The maximum absolute atomic E-state index is 12.3. The second kappa shape index (κ2) is 6.71. The lowest BCUT2D eigenvalue weighted by atomic mass is 9.95. The van der Waals surface area contributed by atoms with Crippen LogP contribution < -0.4 is 5.73 Å². The van der Waals surface area contributed by atoms with Gasteiger partial charge in [-0.3, -0.25) is 0 Å². The summed E-state index contributed by atoms with van der Waals surface area (Å²) in [5.41, 5.74) is 5.50. The topological polar surface area (TPSA) is 63.4 Å². The van der Waals surface area contributed by atoms with Crippen molar-refractivity contribution in [3.63, 3.8) is 0 Å².